The van der Waals surface area contributed by atoms with Crippen LogP contribution in [0.3, 0.4) is 0 Å². The maximum Gasteiger partial charge on any atom is 0.284 e. The van der Waals surface area contributed by atoms with Gasteiger partial charge in [-0.25, -0.2) is 0 Å². The Labute approximate surface area is 129 Å². The van der Waals surface area contributed by atoms with Crippen molar-refractivity contribution in [3.8, 4) is 0 Å². The fourth-order valence-corrected chi connectivity index (χ4v) is 2.19. The first-order valence-electron chi connectivity index (χ1n) is 6.37. The molecule has 0 heterocycles. The number of nitrogens with one attached hydrogen (secondary N) is 1. The summed E-state index contributed by atoms with van der Waals surface area (Å²) in [6.45, 7) is -0.0702. The summed E-state index contributed by atoms with van der Waals surface area (Å²) in [7, 11) is 1.49. The van der Waals surface area contributed by atoms with Gasteiger partial charge in [-0.05, 0) is 40.9 Å². The average molecular weight is 356 g/mol. The molecule has 1 aromatic rings. The molecular weight excluding hydrogens is 342 g/mol. The number of hydrogen-bond donors (Lipinski definition) is 1. The molecule has 0 radical (unpaired) electrons. The molecule has 2 amide bonds. The number of hydrogen-bond acceptors (Lipinski definition) is 4. The first-order valence-corrected chi connectivity index (χ1v) is 7.16. The van der Waals surface area contributed by atoms with Crippen LogP contribution in [-0.2, 0) is 4.79 Å². The predicted molar refractivity (Wildman–Crippen MR) is 78.9 cm³/mol. The van der Waals surface area contributed by atoms with E-state index in [-0.39, 0.29) is 29.7 Å². The lowest BCUT2D eigenvalue weighted by atomic mass is 10.2. The van der Waals surface area contributed by atoms with Crippen molar-refractivity contribution in [1.82, 2.24) is 10.2 Å². The van der Waals surface area contributed by atoms with Gasteiger partial charge >= 0.3 is 0 Å². The zero-order valence-corrected chi connectivity index (χ0v) is 12.9. The molecule has 8 heteroatoms. The molecule has 0 bridgehead atoms. The van der Waals surface area contributed by atoms with Crippen molar-refractivity contribution in [1.29, 1.82) is 0 Å². The van der Waals surface area contributed by atoms with Gasteiger partial charge in [-0.3, -0.25) is 19.7 Å². The zero-order chi connectivity index (χ0) is 15.6. The molecule has 1 fully saturated rings. The topological polar surface area (TPSA) is 92.6 Å². The highest BCUT2D eigenvalue weighted by Gasteiger charge is 2.25. The van der Waals surface area contributed by atoms with E-state index in [1.165, 1.54) is 30.1 Å². The second-order valence-corrected chi connectivity index (χ2v) is 5.78. The van der Waals surface area contributed by atoms with Gasteiger partial charge in [0.2, 0.25) is 5.91 Å². The lowest BCUT2D eigenvalue weighted by Gasteiger charge is -2.16. The van der Waals surface area contributed by atoms with E-state index in [0.29, 0.717) is 4.47 Å². The first kappa shape index (κ1) is 15.4. The van der Waals surface area contributed by atoms with Crippen molar-refractivity contribution in [2.45, 2.75) is 18.9 Å². The molecule has 0 spiro atoms. The van der Waals surface area contributed by atoms with Gasteiger partial charge in [0, 0.05) is 24.7 Å². The standard InChI is InChI=1S/C13H14BrN3O4/c1-16(7-12(18)15-9-3-4-9)13(19)8-2-5-10(14)11(6-8)17(20)21/h2,5-6,9H,3-4,7H2,1H3,(H,15,18). The van der Waals surface area contributed by atoms with Crippen LogP contribution in [0.1, 0.15) is 23.2 Å². The normalized spacial score (nSPS) is 13.6. The Bertz CT molecular complexity index is 601. The molecule has 1 saturated carbocycles. The number of halogens is 1. The van der Waals surface area contributed by atoms with Crippen LogP contribution in [0.25, 0.3) is 0 Å². The van der Waals surface area contributed by atoms with Gasteiger partial charge in [0.15, 0.2) is 0 Å². The number of rotatable bonds is 5. The first-order chi connectivity index (χ1) is 9.88. The van der Waals surface area contributed by atoms with Gasteiger partial charge in [-0.2, -0.15) is 0 Å². The van der Waals surface area contributed by atoms with Crippen LogP contribution in [0.15, 0.2) is 22.7 Å². The Morgan fingerprint density at radius 2 is 2.14 bits per heavy atom. The molecule has 1 aliphatic rings. The Morgan fingerprint density at radius 1 is 1.48 bits per heavy atom. The molecule has 0 atom stereocenters. The van der Waals surface area contributed by atoms with Gasteiger partial charge in [-0.15, -0.1) is 0 Å². The molecule has 1 aliphatic carbocycles. The van der Waals surface area contributed by atoms with E-state index in [9.17, 15) is 19.7 Å². The summed E-state index contributed by atoms with van der Waals surface area (Å²) in [6.07, 6.45) is 1.95. The van der Waals surface area contributed by atoms with Crippen LogP contribution < -0.4 is 5.32 Å². The predicted octanol–water partition coefficient (Wildman–Crippen LogP) is 1.71. The smallest absolute Gasteiger partial charge is 0.284 e. The van der Waals surface area contributed by atoms with Gasteiger partial charge in [-0.1, -0.05) is 0 Å². The molecule has 21 heavy (non-hydrogen) atoms. The van der Waals surface area contributed by atoms with E-state index < -0.39 is 10.8 Å². The van der Waals surface area contributed by atoms with E-state index in [4.69, 9.17) is 0 Å². The minimum atomic E-state index is -0.569. The van der Waals surface area contributed by atoms with Crippen LogP contribution >= 0.6 is 15.9 Å². The van der Waals surface area contributed by atoms with E-state index in [0.717, 1.165) is 12.8 Å². The quantitative estimate of drug-likeness (QED) is 0.642. The molecule has 0 aliphatic heterocycles. The van der Waals surface area contributed by atoms with Crippen molar-refractivity contribution in [3.05, 3.63) is 38.3 Å². The molecule has 0 aromatic heterocycles. The lowest BCUT2D eigenvalue weighted by molar-refractivity contribution is -0.385. The maximum atomic E-state index is 12.2. The summed E-state index contributed by atoms with van der Waals surface area (Å²) < 4.78 is 0.304. The molecule has 7 nitrogen and oxygen atoms in total. The second-order valence-electron chi connectivity index (χ2n) is 4.93. The van der Waals surface area contributed by atoms with Crippen molar-refractivity contribution in [2.75, 3.05) is 13.6 Å². The minimum absolute atomic E-state index is 0.0702. The SMILES string of the molecule is CN(CC(=O)NC1CC1)C(=O)c1ccc(Br)c([N+](=O)[O-])c1. The third-order valence-electron chi connectivity index (χ3n) is 3.06. The van der Waals surface area contributed by atoms with Crippen molar-refractivity contribution in [3.63, 3.8) is 0 Å². The fourth-order valence-electron chi connectivity index (χ4n) is 1.79. The van der Waals surface area contributed by atoms with E-state index in [2.05, 4.69) is 21.2 Å². The summed E-state index contributed by atoms with van der Waals surface area (Å²) in [5.41, 5.74) is -0.0108. The molecule has 0 saturated heterocycles. The second kappa shape index (κ2) is 6.21. The number of amides is 2. The minimum Gasteiger partial charge on any atom is -0.352 e. The van der Waals surface area contributed by atoms with E-state index in [1.54, 1.807) is 0 Å². The number of nitro benzene ring substituents is 1. The van der Waals surface area contributed by atoms with Gasteiger partial charge in [0.05, 0.1) is 15.9 Å². The number of nitro groups is 1. The lowest BCUT2D eigenvalue weighted by Crippen LogP contribution is -2.39. The largest absolute Gasteiger partial charge is 0.352 e. The van der Waals surface area contributed by atoms with E-state index >= 15 is 0 Å². The molecule has 1 aromatic carbocycles. The summed E-state index contributed by atoms with van der Waals surface area (Å²) in [5.74, 6) is -0.656. The Hall–Kier alpha value is -1.96. The third kappa shape index (κ3) is 4.01. The van der Waals surface area contributed by atoms with Crippen molar-refractivity contribution >= 4 is 33.4 Å². The van der Waals surface area contributed by atoms with Gasteiger partial charge in [0.25, 0.3) is 11.6 Å². The van der Waals surface area contributed by atoms with Crippen LogP contribution in [-0.4, -0.2) is 41.3 Å². The Balaban J connectivity index is 2.05. The molecule has 0 unspecified atom stereocenters. The number of nitrogens with zero attached hydrogens (tertiary/aromatic N) is 2. The summed E-state index contributed by atoms with van der Waals surface area (Å²) in [5, 5.41) is 13.6. The summed E-state index contributed by atoms with van der Waals surface area (Å²) in [6, 6.07) is 4.36. The average Bonchev–Trinajstić information content (AvgIpc) is 3.21. The van der Waals surface area contributed by atoms with Gasteiger partial charge in [0.1, 0.15) is 0 Å². The fraction of sp³-hybridized carbons (Fsp3) is 0.385. The molecule has 112 valence electrons. The number of carbonyl (C=O) groups excluding carboxylic acids is 2. The van der Waals surface area contributed by atoms with Crippen LogP contribution in [0.4, 0.5) is 5.69 Å². The molecule has 1 N–H and O–H groups in total. The Morgan fingerprint density at radius 3 is 2.71 bits per heavy atom. The third-order valence-corrected chi connectivity index (χ3v) is 3.73. The van der Waals surface area contributed by atoms with Crippen LogP contribution in [0.5, 0.6) is 0 Å². The number of likely N-dealkylation sites (N-methyl/N-ethyl adjacent to an activating group) is 1. The monoisotopic (exact) mass is 355 g/mol. The highest BCUT2D eigenvalue weighted by molar-refractivity contribution is 9.10. The zero-order valence-electron chi connectivity index (χ0n) is 11.3. The van der Waals surface area contributed by atoms with Gasteiger partial charge < -0.3 is 10.2 Å². The highest BCUT2D eigenvalue weighted by atomic mass is 79.9. The molecule has 2 rings (SSSR count). The summed E-state index contributed by atoms with van der Waals surface area (Å²) in [4.78, 5) is 35.4. The van der Waals surface area contributed by atoms with Crippen LogP contribution in [0, 0.1) is 10.1 Å². The van der Waals surface area contributed by atoms with Crippen molar-refractivity contribution in [2.24, 2.45) is 0 Å². The van der Waals surface area contributed by atoms with Crippen molar-refractivity contribution < 1.29 is 14.5 Å². The highest BCUT2D eigenvalue weighted by Crippen LogP contribution is 2.26. The maximum absolute atomic E-state index is 12.2. The van der Waals surface area contributed by atoms with Crippen LogP contribution in [0.2, 0.25) is 0 Å². The van der Waals surface area contributed by atoms with E-state index in [1.807, 2.05) is 0 Å². The molecular formula is C13H14BrN3O4. The number of carbonyl (C=O) groups is 2. The summed E-state index contributed by atoms with van der Waals surface area (Å²) >= 11 is 3.06. The Kier molecular flexibility index (Phi) is 4.56. The number of benzene rings is 1.